The number of carbonyl (C=O) groups excluding carboxylic acids is 1. The van der Waals surface area contributed by atoms with E-state index in [1.54, 1.807) is 19.2 Å². The number of carbonyl (C=O) groups is 1. The highest BCUT2D eigenvalue weighted by Crippen LogP contribution is 2.25. The Kier molecular flexibility index (Phi) is 3.05. The van der Waals surface area contributed by atoms with Gasteiger partial charge in [0.05, 0.1) is 0 Å². The Morgan fingerprint density at radius 3 is 2.82 bits per heavy atom. The minimum Gasteiger partial charge on any atom is -0.351 e. The van der Waals surface area contributed by atoms with Crippen molar-refractivity contribution in [2.75, 3.05) is 5.32 Å². The zero-order chi connectivity index (χ0) is 12.4. The molecule has 1 heterocycles. The van der Waals surface area contributed by atoms with Gasteiger partial charge in [-0.25, -0.2) is 9.48 Å². The molecule has 2 amide bonds. The Morgan fingerprint density at radius 2 is 2.24 bits per heavy atom. The molecular formula is C9H9BrN6O. The van der Waals surface area contributed by atoms with Crippen LogP contribution in [-0.2, 0) is 7.05 Å². The number of rotatable bonds is 2. The van der Waals surface area contributed by atoms with Crippen LogP contribution < -0.4 is 11.1 Å². The maximum Gasteiger partial charge on any atom is 0.316 e. The fraction of sp³-hybridized carbons (Fsp3) is 0.111. The predicted molar refractivity (Wildman–Crippen MR) is 65.1 cm³/mol. The number of tetrazole rings is 1. The molecule has 1 aromatic heterocycles. The number of benzene rings is 1. The molecule has 3 N–H and O–H groups in total. The van der Waals surface area contributed by atoms with E-state index in [4.69, 9.17) is 5.73 Å². The summed E-state index contributed by atoms with van der Waals surface area (Å²) < 4.78 is 2.33. The molecule has 0 aliphatic rings. The molecule has 0 saturated carbocycles. The van der Waals surface area contributed by atoms with Crippen LogP contribution in [0.2, 0.25) is 0 Å². The van der Waals surface area contributed by atoms with Crippen molar-refractivity contribution in [2.45, 2.75) is 0 Å². The van der Waals surface area contributed by atoms with Crippen LogP contribution in [0.3, 0.4) is 0 Å². The number of nitrogens with two attached hydrogens (primary N) is 1. The number of urea groups is 1. The zero-order valence-corrected chi connectivity index (χ0v) is 10.5. The summed E-state index contributed by atoms with van der Waals surface area (Å²) in [7, 11) is 1.73. The van der Waals surface area contributed by atoms with Crippen molar-refractivity contribution >= 4 is 27.6 Å². The minimum absolute atomic E-state index is 0.574. The number of halogens is 1. The van der Waals surface area contributed by atoms with Crippen molar-refractivity contribution in [3.63, 3.8) is 0 Å². The molecule has 0 unspecified atom stereocenters. The quantitative estimate of drug-likeness (QED) is 0.868. The summed E-state index contributed by atoms with van der Waals surface area (Å²) in [6, 6.07) is 4.70. The first kappa shape index (κ1) is 11.5. The van der Waals surface area contributed by atoms with Crippen LogP contribution in [0.4, 0.5) is 10.5 Å². The van der Waals surface area contributed by atoms with Gasteiger partial charge in [0, 0.05) is 22.8 Å². The summed E-state index contributed by atoms with van der Waals surface area (Å²) in [6.45, 7) is 0. The average Bonchev–Trinajstić information content (AvgIpc) is 2.62. The minimum atomic E-state index is -0.620. The second-order valence-corrected chi connectivity index (χ2v) is 4.26. The smallest absolute Gasteiger partial charge is 0.316 e. The number of nitrogens with one attached hydrogen (secondary N) is 1. The third-order valence-electron chi connectivity index (χ3n) is 2.04. The lowest BCUT2D eigenvalue weighted by atomic mass is 10.2. The molecule has 0 fully saturated rings. The molecule has 2 aromatic rings. The number of aryl methyl sites for hydroxylation is 1. The molecule has 88 valence electrons. The van der Waals surface area contributed by atoms with Gasteiger partial charge in [-0.15, -0.1) is 5.10 Å². The normalized spacial score (nSPS) is 10.2. The van der Waals surface area contributed by atoms with Crippen LogP contribution in [-0.4, -0.2) is 26.2 Å². The van der Waals surface area contributed by atoms with E-state index in [-0.39, 0.29) is 0 Å². The molecule has 0 radical (unpaired) electrons. The van der Waals surface area contributed by atoms with Crippen LogP contribution in [0.25, 0.3) is 11.4 Å². The second-order valence-electron chi connectivity index (χ2n) is 3.34. The zero-order valence-electron chi connectivity index (χ0n) is 8.88. The van der Waals surface area contributed by atoms with E-state index in [0.717, 1.165) is 10.0 Å². The molecule has 0 spiro atoms. The van der Waals surface area contributed by atoms with E-state index in [9.17, 15) is 4.79 Å². The first-order valence-electron chi connectivity index (χ1n) is 4.66. The van der Waals surface area contributed by atoms with E-state index in [1.807, 2.05) is 6.07 Å². The van der Waals surface area contributed by atoms with Crippen molar-refractivity contribution < 1.29 is 4.79 Å². The van der Waals surface area contributed by atoms with Crippen LogP contribution >= 0.6 is 15.9 Å². The largest absolute Gasteiger partial charge is 0.351 e. The molecule has 8 heteroatoms. The maximum atomic E-state index is 10.8. The van der Waals surface area contributed by atoms with Gasteiger partial charge in [0.2, 0.25) is 0 Å². The molecule has 0 aliphatic carbocycles. The molecule has 0 saturated heterocycles. The molecule has 7 nitrogen and oxygen atoms in total. The predicted octanol–water partition coefficient (Wildman–Crippen LogP) is 1.13. The highest BCUT2D eigenvalue weighted by Gasteiger charge is 2.08. The summed E-state index contributed by atoms with van der Waals surface area (Å²) in [4.78, 5) is 10.8. The third kappa shape index (κ3) is 2.59. The first-order chi connectivity index (χ1) is 8.06. The molecule has 1 aromatic carbocycles. The molecule has 0 aliphatic heterocycles. The Morgan fingerprint density at radius 1 is 1.47 bits per heavy atom. The van der Waals surface area contributed by atoms with Gasteiger partial charge in [0.15, 0.2) is 5.82 Å². The van der Waals surface area contributed by atoms with Gasteiger partial charge in [0.1, 0.15) is 0 Å². The Hall–Kier alpha value is -1.96. The Labute approximate surface area is 105 Å². The van der Waals surface area contributed by atoms with Gasteiger partial charge in [-0.3, -0.25) is 0 Å². The fourth-order valence-corrected chi connectivity index (χ4v) is 1.90. The van der Waals surface area contributed by atoms with Gasteiger partial charge in [-0.1, -0.05) is 15.9 Å². The molecule has 17 heavy (non-hydrogen) atoms. The Bertz CT molecular complexity index is 566. The first-order valence-corrected chi connectivity index (χ1v) is 5.45. The Balaban J connectivity index is 2.45. The van der Waals surface area contributed by atoms with E-state index in [0.29, 0.717) is 11.5 Å². The topological polar surface area (TPSA) is 98.7 Å². The molecule has 0 atom stereocenters. The van der Waals surface area contributed by atoms with E-state index in [2.05, 4.69) is 36.8 Å². The standard InChI is InChI=1S/C9H9BrN6O/c1-16-8(13-14-15-16)5-2-6(10)4-7(3-5)12-9(11)17/h2-4H,1H3,(H3,11,12,17). The lowest BCUT2D eigenvalue weighted by Gasteiger charge is -2.05. The average molecular weight is 297 g/mol. The summed E-state index contributed by atoms with van der Waals surface area (Å²) in [5.41, 5.74) is 6.41. The van der Waals surface area contributed by atoms with Crippen molar-refractivity contribution in [3.8, 4) is 11.4 Å². The van der Waals surface area contributed by atoms with E-state index < -0.39 is 6.03 Å². The van der Waals surface area contributed by atoms with Crippen LogP contribution in [0, 0.1) is 0 Å². The monoisotopic (exact) mass is 296 g/mol. The SMILES string of the molecule is Cn1nnnc1-c1cc(Br)cc(NC(N)=O)c1. The van der Waals surface area contributed by atoms with Gasteiger partial charge < -0.3 is 11.1 Å². The highest BCUT2D eigenvalue weighted by molar-refractivity contribution is 9.10. The van der Waals surface area contributed by atoms with Crippen molar-refractivity contribution in [1.82, 2.24) is 20.2 Å². The van der Waals surface area contributed by atoms with Gasteiger partial charge in [-0.05, 0) is 28.6 Å². The highest BCUT2D eigenvalue weighted by atomic mass is 79.9. The number of primary amides is 1. The van der Waals surface area contributed by atoms with Crippen molar-refractivity contribution in [2.24, 2.45) is 12.8 Å². The van der Waals surface area contributed by atoms with Crippen molar-refractivity contribution in [3.05, 3.63) is 22.7 Å². The number of anilines is 1. The van der Waals surface area contributed by atoms with E-state index >= 15 is 0 Å². The van der Waals surface area contributed by atoms with Crippen LogP contribution in [0.5, 0.6) is 0 Å². The summed E-state index contributed by atoms with van der Waals surface area (Å²) in [6.07, 6.45) is 0. The maximum absolute atomic E-state index is 10.8. The lowest BCUT2D eigenvalue weighted by molar-refractivity contribution is 0.259. The third-order valence-corrected chi connectivity index (χ3v) is 2.50. The summed E-state index contributed by atoms with van der Waals surface area (Å²) in [5.74, 6) is 0.596. The molecular weight excluding hydrogens is 288 g/mol. The lowest BCUT2D eigenvalue weighted by Crippen LogP contribution is -2.19. The van der Waals surface area contributed by atoms with Crippen LogP contribution in [0.1, 0.15) is 0 Å². The number of aromatic nitrogens is 4. The number of hydrogen-bond acceptors (Lipinski definition) is 4. The van der Waals surface area contributed by atoms with Gasteiger partial charge in [-0.2, -0.15) is 0 Å². The van der Waals surface area contributed by atoms with Gasteiger partial charge in [0.25, 0.3) is 0 Å². The van der Waals surface area contributed by atoms with Gasteiger partial charge >= 0.3 is 6.03 Å². The second kappa shape index (κ2) is 4.50. The molecule has 0 bridgehead atoms. The fourth-order valence-electron chi connectivity index (χ4n) is 1.41. The molecule has 2 rings (SSSR count). The van der Waals surface area contributed by atoms with Crippen molar-refractivity contribution in [1.29, 1.82) is 0 Å². The summed E-state index contributed by atoms with van der Waals surface area (Å²) >= 11 is 3.34. The number of nitrogens with zero attached hydrogens (tertiary/aromatic N) is 4. The number of amides is 2. The number of hydrogen-bond donors (Lipinski definition) is 2. The summed E-state index contributed by atoms with van der Waals surface area (Å²) in [5, 5.41) is 13.7. The van der Waals surface area contributed by atoms with Crippen LogP contribution in [0.15, 0.2) is 22.7 Å². The van der Waals surface area contributed by atoms with E-state index in [1.165, 1.54) is 4.68 Å².